The standard InChI is InChI=1S/C15H17NO4/c1-9-4-5-10(2)11(8-9)6-7-12-13(14(17)18)15(19)20-16(12)3/h4-5,8H,6-7H2,1-3H3,(H,17,18). The lowest BCUT2D eigenvalue weighted by atomic mass is 9.99. The number of hydrogen-bond donors (Lipinski definition) is 1. The molecule has 1 aromatic heterocycles. The van der Waals surface area contributed by atoms with E-state index in [1.807, 2.05) is 26.0 Å². The van der Waals surface area contributed by atoms with Crippen LogP contribution in [0.2, 0.25) is 0 Å². The van der Waals surface area contributed by atoms with Crippen molar-refractivity contribution < 1.29 is 14.4 Å². The van der Waals surface area contributed by atoms with Crippen LogP contribution >= 0.6 is 0 Å². The fourth-order valence-electron chi connectivity index (χ4n) is 2.32. The van der Waals surface area contributed by atoms with Gasteiger partial charge in [0.1, 0.15) is 0 Å². The van der Waals surface area contributed by atoms with Gasteiger partial charge in [0, 0.05) is 7.05 Å². The smallest absolute Gasteiger partial charge is 0.372 e. The van der Waals surface area contributed by atoms with Crippen LogP contribution in [0.4, 0.5) is 0 Å². The van der Waals surface area contributed by atoms with Crippen LogP contribution in [0.5, 0.6) is 0 Å². The lowest BCUT2D eigenvalue weighted by Crippen LogP contribution is -2.12. The van der Waals surface area contributed by atoms with Crippen molar-refractivity contribution in [3.63, 3.8) is 0 Å². The van der Waals surface area contributed by atoms with Gasteiger partial charge in [-0.25, -0.2) is 14.3 Å². The van der Waals surface area contributed by atoms with Gasteiger partial charge >= 0.3 is 11.6 Å². The number of hydrogen-bond acceptors (Lipinski definition) is 3. The molecule has 1 N–H and O–H groups in total. The molecule has 2 aromatic rings. The van der Waals surface area contributed by atoms with Gasteiger partial charge < -0.3 is 9.63 Å². The van der Waals surface area contributed by atoms with Gasteiger partial charge in [0.25, 0.3) is 0 Å². The van der Waals surface area contributed by atoms with Crippen LogP contribution in [-0.4, -0.2) is 15.8 Å². The van der Waals surface area contributed by atoms with Crippen LogP contribution in [-0.2, 0) is 19.9 Å². The first-order valence-corrected chi connectivity index (χ1v) is 6.38. The number of carbonyl (C=O) groups is 1. The van der Waals surface area contributed by atoms with Gasteiger partial charge in [0.15, 0.2) is 5.56 Å². The number of carboxylic acid groups (broad SMARTS) is 1. The number of carboxylic acids is 1. The molecule has 1 heterocycles. The molecular formula is C15H17NO4. The van der Waals surface area contributed by atoms with Gasteiger partial charge in [-0.05, 0) is 37.8 Å². The molecule has 0 bridgehead atoms. The molecule has 106 valence electrons. The van der Waals surface area contributed by atoms with E-state index in [4.69, 9.17) is 9.63 Å². The minimum absolute atomic E-state index is 0.266. The number of nitrogens with zero attached hydrogens (tertiary/aromatic N) is 1. The molecule has 5 heteroatoms. The van der Waals surface area contributed by atoms with E-state index in [1.165, 1.54) is 4.74 Å². The van der Waals surface area contributed by atoms with Gasteiger partial charge in [0.05, 0.1) is 5.69 Å². The van der Waals surface area contributed by atoms with Crippen molar-refractivity contribution in [3.8, 4) is 0 Å². The molecule has 0 atom stereocenters. The first kappa shape index (κ1) is 14.1. The van der Waals surface area contributed by atoms with Gasteiger partial charge in [-0.1, -0.05) is 23.8 Å². The molecular weight excluding hydrogens is 258 g/mol. The quantitative estimate of drug-likeness (QED) is 0.927. The molecule has 0 radical (unpaired) electrons. The highest BCUT2D eigenvalue weighted by molar-refractivity contribution is 5.88. The monoisotopic (exact) mass is 275 g/mol. The lowest BCUT2D eigenvalue weighted by Gasteiger charge is -2.07. The molecule has 0 aliphatic rings. The van der Waals surface area contributed by atoms with Crippen molar-refractivity contribution >= 4 is 5.97 Å². The Kier molecular flexibility index (Phi) is 3.79. The minimum atomic E-state index is -1.24. The van der Waals surface area contributed by atoms with Crippen LogP contribution in [0.25, 0.3) is 0 Å². The highest BCUT2D eigenvalue weighted by Gasteiger charge is 2.21. The topological polar surface area (TPSA) is 72.4 Å². The van der Waals surface area contributed by atoms with Crippen LogP contribution in [0.3, 0.4) is 0 Å². The van der Waals surface area contributed by atoms with Crippen molar-refractivity contribution in [1.82, 2.24) is 4.74 Å². The summed E-state index contributed by atoms with van der Waals surface area (Å²) in [7, 11) is 1.55. The summed E-state index contributed by atoms with van der Waals surface area (Å²) in [4.78, 5) is 22.6. The molecule has 2 rings (SSSR count). The summed E-state index contributed by atoms with van der Waals surface area (Å²) >= 11 is 0. The van der Waals surface area contributed by atoms with Crippen LogP contribution < -0.4 is 5.63 Å². The lowest BCUT2D eigenvalue weighted by molar-refractivity contribution is 0.0693. The van der Waals surface area contributed by atoms with E-state index in [1.54, 1.807) is 7.05 Å². The van der Waals surface area contributed by atoms with E-state index in [2.05, 4.69) is 6.07 Å². The van der Waals surface area contributed by atoms with Crippen molar-refractivity contribution in [2.24, 2.45) is 7.05 Å². The molecule has 0 unspecified atom stereocenters. The third-order valence-corrected chi connectivity index (χ3v) is 3.44. The Bertz CT molecular complexity index is 709. The normalized spacial score (nSPS) is 10.8. The Morgan fingerprint density at radius 2 is 2.00 bits per heavy atom. The highest BCUT2D eigenvalue weighted by atomic mass is 16.5. The zero-order valence-corrected chi connectivity index (χ0v) is 11.8. The molecule has 0 aliphatic heterocycles. The Balaban J connectivity index is 2.30. The average Bonchev–Trinajstić information content (AvgIpc) is 2.65. The number of aromatic nitrogens is 1. The van der Waals surface area contributed by atoms with Crippen LogP contribution in [0.15, 0.2) is 27.5 Å². The van der Waals surface area contributed by atoms with Gasteiger partial charge in [-0.2, -0.15) is 0 Å². The molecule has 0 aliphatic carbocycles. The summed E-state index contributed by atoms with van der Waals surface area (Å²) in [6.45, 7) is 4.03. The summed E-state index contributed by atoms with van der Waals surface area (Å²) in [6.07, 6.45) is 1.12. The Morgan fingerprint density at radius 3 is 2.65 bits per heavy atom. The average molecular weight is 275 g/mol. The third kappa shape index (κ3) is 2.66. The number of aryl methyl sites for hydroxylation is 4. The number of rotatable bonds is 4. The molecule has 1 aromatic carbocycles. The maximum atomic E-state index is 11.5. The molecule has 20 heavy (non-hydrogen) atoms. The van der Waals surface area contributed by atoms with E-state index >= 15 is 0 Å². The van der Waals surface area contributed by atoms with Crippen LogP contribution in [0, 0.1) is 13.8 Å². The summed E-state index contributed by atoms with van der Waals surface area (Å²) in [5, 5.41) is 9.08. The van der Waals surface area contributed by atoms with Crippen molar-refractivity contribution in [1.29, 1.82) is 0 Å². The Hall–Kier alpha value is -2.30. The SMILES string of the molecule is Cc1ccc(C)c(CCc2c(C(=O)O)c(=O)on2C)c1. The van der Waals surface area contributed by atoms with E-state index < -0.39 is 11.6 Å². The summed E-state index contributed by atoms with van der Waals surface area (Å²) in [5.41, 5.74) is 2.82. The van der Waals surface area contributed by atoms with Crippen LogP contribution in [0.1, 0.15) is 32.7 Å². The summed E-state index contributed by atoms with van der Waals surface area (Å²) in [5.74, 6) is -1.24. The first-order chi connectivity index (χ1) is 9.40. The fourth-order valence-corrected chi connectivity index (χ4v) is 2.32. The van der Waals surface area contributed by atoms with Gasteiger partial charge in [-0.15, -0.1) is 0 Å². The highest BCUT2D eigenvalue weighted by Crippen LogP contribution is 2.15. The second-order valence-electron chi connectivity index (χ2n) is 4.93. The largest absolute Gasteiger partial charge is 0.477 e. The molecule has 0 saturated heterocycles. The second-order valence-corrected chi connectivity index (χ2v) is 4.93. The molecule has 0 saturated carbocycles. The van der Waals surface area contributed by atoms with E-state index in [9.17, 15) is 9.59 Å². The van der Waals surface area contributed by atoms with Crippen molar-refractivity contribution in [2.75, 3.05) is 0 Å². The minimum Gasteiger partial charge on any atom is -0.477 e. The first-order valence-electron chi connectivity index (χ1n) is 6.38. The van der Waals surface area contributed by atoms with Crippen molar-refractivity contribution in [2.45, 2.75) is 26.7 Å². The van der Waals surface area contributed by atoms with E-state index in [0.717, 1.165) is 16.7 Å². The third-order valence-electron chi connectivity index (χ3n) is 3.44. The van der Waals surface area contributed by atoms with E-state index in [-0.39, 0.29) is 5.56 Å². The van der Waals surface area contributed by atoms with Gasteiger partial charge in [0.2, 0.25) is 0 Å². The Labute approximate surface area is 116 Å². The maximum absolute atomic E-state index is 11.5. The molecule has 0 fully saturated rings. The molecule has 0 spiro atoms. The second kappa shape index (κ2) is 5.36. The zero-order valence-electron chi connectivity index (χ0n) is 11.8. The Morgan fingerprint density at radius 1 is 1.30 bits per heavy atom. The zero-order chi connectivity index (χ0) is 14.9. The molecule has 0 amide bonds. The summed E-state index contributed by atoms with van der Waals surface area (Å²) in [6, 6.07) is 6.15. The predicted molar refractivity (Wildman–Crippen MR) is 74.2 cm³/mol. The number of aromatic carboxylic acids is 1. The number of benzene rings is 1. The fraction of sp³-hybridized carbons (Fsp3) is 0.333. The predicted octanol–water partition coefficient (Wildman–Crippen LogP) is 2.08. The van der Waals surface area contributed by atoms with E-state index in [0.29, 0.717) is 18.5 Å². The van der Waals surface area contributed by atoms with Gasteiger partial charge in [-0.3, -0.25) is 0 Å². The molecule has 5 nitrogen and oxygen atoms in total. The summed E-state index contributed by atoms with van der Waals surface area (Å²) < 4.78 is 6.08. The van der Waals surface area contributed by atoms with Crippen molar-refractivity contribution in [3.05, 3.63) is 56.6 Å². The maximum Gasteiger partial charge on any atom is 0.372 e.